The van der Waals surface area contributed by atoms with Crippen molar-refractivity contribution in [3.8, 4) is 0 Å². The summed E-state index contributed by atoms with van der Waals surface area (Å²) in [6.45, 7) is 4.39. The van der Waals surface area contributed by atoms with E-state index in [-0.39, 0.29) is 29.8 Å². The predicted octanol–water partition coefficient (Wildman–Crippen LogP) is 2.61. The van der Waals surface area contributed by atoms with Gasteiger partial charge in [0.15, 0.2) is 5.96 Å². The van der Waals surface area contributed by atoms with Gasteiger partial charge in [-0.05, 0) is 37.0 Å². The quantitative estimate of drug-likeness (QED) is 0.423. The van der Waals surface area contributed by atoms with Gasteiger partial charge in [-0.3, -0.25) is 4.99 Å². The summed E-state index contributed by atoms with van der Waals surface area (Å²) in [5.74, 6) is 3.18. The van der Waals surface area contributed by atoms with Gasteiger partial charge >= 0.3 is 0 Å². The van der Waals surface area contributed by atoms with Crippen LogP contribution in [0.15, 0.2) is 29.3 Å². The Labute approximate surface area is 170 Å². The third-order valence-electron chi connectivity index (χ3n) is 4.66. The molecule has 6 nitrogen and oxygen atoms in total. The second-order valence-corrected chi connectivity index (χ2v) is 6.59. The highest BCUT2D eigenvalue weighted by Gasteiger charge is 2.22. The maximum Gasteiger partial charge on any atom is 0.193 e. The molecule has 0 bridgehead atoms. The van der Waals surface area contributed by atoms with Crippen LogP contribution >= 0.6 is 24.0 Å². The summed E-state index contributed by atoms with van der Waals surface area (Å²) in [4.78, 5) is 6.36. The SMILES string of the molecule is CN=C(NCC1CCc2nnc(C)n2C1)N(C)Cc1cccc(F)c1.I. The van der Waals surface area contributed by atoms with E-state index in [4.69, 9.17) is 0 Å². The van der Waals surface area contributed by atoms with Crippen LogP contribution in [0.25, 0.3) is 0 Å². The van der Waals surface area contributed by atoms with Crippen molar-refractivity contribution in [2.75, 3.05) is 20.6 Å². The second-order valence-electron chi connectivity index (χ2n) is 6.59. The van der Waals surface area contributed by atoms with Crippen LogP contribution in [0.3, 0.4) is 0 Å². The Hall–Kier alpha value is -1.71. The van der Waals surface area contributed by atoms with Crippen molar-refractivity contribution in [1.82, 2.24) is 25.0 Å². The molecule has 1 aliphatic heterocycles. The lowest BCUT2D eigenvalue weighted by Gasteiger charge is -2.27. The third-order valence-corrected chi connectivity index (χ3v) is 4.66. The smallest absolute Gasteiger partial charge is 0.193 e. The Bertz CT molecular complexity index is 760. The molecule has 0 spiro atoms. The van der Waals surface area contributed by atoms with Gasteiger partial charge in [0.05, 0.1) is 0 Å². The van der Waals surface area contributed by atoms with Gasteiger partial charge in [-0.2, -0.15) is 0 Å². The zero-order valence-corrected chi connectivity index (χ0v) is 17.8. The summed E-state index contributed by atoms with van der Waals surface area (Å²) in [5.41, 5.74) is 0.924. The van der Waals surface area contributed by atoms with Crippen LogP contribution in [-0.4, -0.2) is 46.3 Å². The highest BCUT2D eigenvalue weighted by molar-refractivity contribution is 14.0. The predicted molar refractivity (Wildman–Crippen MR) is 111 cm³/mol. The van der Waals surface area contributed by atoms with E-state index in [2.05, 4.69) is 25.1 Å². The van der Waals surface area contributed by atoms with Crippen LogP contribution < -0.4 is 5.32 Å². The lowest BCUT2D eigenvalue weighted by atomic mass is 9.99. The molecule has 0 radical (unpaired) electrons. The molecule has 8 heteroatoms. The van der Waals surface area contributed by atoms with Gasteiger partial charge in [-0.15, -0.1) is 34.2 Å². The molecule has 1 unspecified atom stereocenters. The Kier molecular flexibility index (Phi) is 7.36. The Morgan fingerprint density at radius 3 is 2.96 bits per heavy atom. The number of aliphatic imine (C=N–C) groups is 1. The van der Waals surface area contributed by atoms with E-state index in [9.17, 15) is 4.39 Å². The lowest BCUT2D eigenvalue weighted by Crippen LogP contribution is -2.42. The summed E-state index contributed by atoms with van der Waals surface area (Å²) in [5, 5.41) is 11.8. The largest absolute Gasteiger partial charge is 0.356 e. The number of rotatable bonds is 4. The second kappa shape index (κ2) is 9.29. The van der Waals surface area contributed by atoms with Crippen molar-refractivity contribution in [3.63, 3.8) is 0 Å². The van der Waals surface area contributed by atoms with Crippen molar-refractivity contribution in [2.45, 2.75) is 32.9 Å². The molecule has 1 atom stereocenters. The lowest BCUT2D eigenvalue weighted by molar-refractivity contribution is 0.352. The van der Waals surface area contributed by atoms with E-state index < -0.39 is 0 Å². The number of fused-ring (bicyclic) bond motifs is 1. The molecular formula is C18H26FIN6. The Balaban J connectivity index is 0.00000243. The van der Waals surface area contributed by atoms with Gasteiger partial charge in [0.1, 0.15) is 17.5 Å². The number of hydrogen-bond acceptors (Lipinski definition) is 3. The number of halogens is 2. The standard InChI is InChI=1S/C18H25FN6.HI/c1-13-22-23-17-8-7-15(12-25(13)17)10-21-18(20-2)24(3)11-14-5-4-6-16(19)9-14;/h4-6,9,15H,7-8,10-12H2,1-3H3,(H,20,21);1H. The van der Waals surface area contributed by atoms with Crippen LogP contribution in [0.5, 0.6) is 0 Å². The van der Waals surface area contributed by atoms with E-state index in [0.717, 1.165) is 49.1 Å². The summed E-state index contributed by atoms with van der Waals surface area (Å²) in [6.07, 6.45) is 2.06. The summed E-state index contributed by atoms with van der Waals surface area (Å²) >= 11 is 0. The molecule has 1 aromatic carbocycles. The van der Waals surface area contributed by atoms with Crippen molar-refractivity contribution in [1.29, 1.82) is 0 Å². The van der Waals surface area contributed by atoms with Gasteiger partial charge in [-0.1, -0.05) is 12.1 Å². The minimum absolute atomic E-state index is 0. The van der Waals surface area contributed by atoms with Crippen molar-refractivity contribution >= 4 is 29.9 Å². The van der Waals surface area contributed by atoms with Crippen LogP contribution in [0.4, 0.5) is 4.39 Å². The molecule has 0 saturated carbocycles. The Morgan fingerprint density at radius 2 is 2.23 bits per heavy atom. The van der Waals surface area contributed by atoms with Gasteiger partial charge in [-0.25, -0.2) is 4.39 Å². The van der Waals surface area contributed by atoms with Gasteiger partial charge in [0.25, 0.3) is 0 Å². The van der Waals surface area contributed by atoms with E-state index in [0.29, 0.717) is 12.5 Å². The van der Waals surface area contributed by atoms with Gasteiger partial charge in [0.2, 0.25) is 0 Å². The molecule has 0 amide bonds. The fraction of sp³-hybridized carbons (Fsp3) is 0.500. The molecule has 3 rings (SSSR count). The first-order valence-corrected chi connectivity index (χ1v) is 8.61. The minimum atomic E-state index is -0.212. The fourth-order valence-corrected chi connectivity index (χ4v) is 3.30. The van der Waals surface area contributed by atoms with Crippen LogP contribution in [0.1, 0.15) is 23.6 Å². The first-order chi connectivity index (χ1) is 12.1. The van der Waals surface area contributed by atoms with Crippen LogP contribution in [-0.2, 0) is 19.5 Å². The maximum atomic E-state index is 13.3. The van der Waals surface area contributed by atoms with Gasteiger partial charge < -0.3 is 14.8 Å². The highest BCUT2D eigenvalue weighted by atomic mass is 127. The van der Waals surface area contributed by atoms with Crippen LogP contribution in [0, 0.1) is 18.7 Å². The topological polar surface area (TPSA) is 58.3 Å². The number of aromatic nitrogens is 3. The molecule has 142 valence electrons. The summed E-state index contributed by atoms with van der Waals surface area (Å²) in [7, 11) is 3.73. The van der Waals surface area contributed by atoms with Crippen molar-refractivity contribution in [2.24, 2.45) is 10.9 Å². The molecule has 0 aliphatic carbocycles. The monoisotopic (exact) mass is 472 g/mol. The summed E-state index contributed by atoms with van der Waals surface area (Å²) in [6, 6.07) is 6.67. The third kappa shape index (κ3) is 4.93. The molecule has 2 heterocycles. The van der Waals surface area contributed by atoms with E-state index >= 15 is 0 Å². The number of nitrogens with one attached hydrogen (secondary N) is 1. The summed E-state index contributed by atoms with van der Waals surface area (Å²) < 4.78 is 15.5. The molecule has 0 saturated heterocycles. The van der Waals surface area contributed by atoms with Crippen LogP contribution in [0.2, 0.25) is 0 Å². The molecule has 1 aromatic heterocycles. The maximum absolute atomic E-state index is 13.3. The van der Waals surface area contributed by atoms with E-state index in [1.807, 2.05) is 24.9 Å². The number of benzene rings is 1. The molecule has 0 fully saturated rings. The minimum Gasteiger partial charge on any atom is -0.356 e. The molecule has 1 aliphatic rings. The first kappa shape index (κ1) is 20.6. The normalized spacial score (nSPS) is 16.6. The van der Waals surface area contributed by atoms with Crippen molar-refractivity contribution < 1.29 is 4.39 Å². The van der Waals surface area contributed by atoms with E-state index in [1.165, 1.54) is 6.07 Å². The Morgan fingerprint density at radius 1 is 1.42 bits per heavy atom. The molecule has 1 N–H and O–H groups in total. The average molecular weight is 472 g/mol. The molecular weight excluding hydrogens is 446 g/mol. The molecule has 2 aromatic rings. The fourth-order valence-electron chi connectivity index (χ4n) is 3.30. The highest BCUT2D eigenvalue weighted by Crippen LogP contribution is 2.19. The van der Waals surface area contributed by atoms with Crippen molar-refractivity contribution in [3.05, 3.63) is 47.3 Å². The zero-order valence-electron chi connectivity index (χ0n) is 15.4. The number of aryl methyl sites for hydroxylation is 2. The number of nitrogens with zero attached hydrogens (tertiary/aromatic N) is 5. The van der Waals surface area contributed by atoms with E-state index in [1.54, 1.807) is 19.2 Å². The zero-order chi connectivity index (χ0) is 17.8. The number of hydrogen-bond donors (Lipinski definition) is 1. The number of guanidine groups is 1. The molecule has 26 heavy (non-hydrogen) atoms. The van der Waals surface area contributed by atoms with Gasteiger partial charge in [0, 0.05) is 40.2 Å². The average Bonchev–Trinajstić information content (AvgIpc) is 2.96. The first-order valence-electron chi connectivity index (χ1n) is 8.61.